The average Bonchev–Trinajstić information content (AvgIpc) is 2.80. The highest BCUT2D eigenvalue weighted by Gasteiger charge is 2.46. The first kappa shape index (κ1) is 17.6. The standard InChI is InChI=1S/C17H20BrNO4S/c18-14-3-1-2-13(10-14)4-5-16(20)19-15-6-8-23-17(11-15)7-9-24(21,22)12-17/h1-5,10,15H,6-9,11-12H2,(H,19,20)/b5-4+. The Morgan fingerprint density at radius 2 is 2.25 bits per heavy atom. The predicted molar refractivity (Wildman–Crippen MR) is 96.3 cm³/mol. The predicted octanol–water partition coefficient (Wildman–Crippen LogP) is 2.31. The maximum absolute atomic E-state index is 12.1. The zero-order valence-electron chi connectivity index (χ0n) is 13.2. The summed E-state index contributed by atoms with van der Waals surface area (Å²) in [5, 5.41) is 2.97. The first-order valence-electron chi connectivity index (χ1n) is 7.94. The normalized spacial score (nSPS) is 29.1. The lowest BCUT2D eigenvalue weighted by atomic mass is 9.90. The molecule has 1 spiro atoms. The SMILES string of the molecule is O=C(/C=C/c1cccc(Br)c1)NC1CCOC2(CCS(=O)(=O)C2)C1. The summed E-state index contributed by atoms with van der Waals surface area (Å²) < 4.78 is 30.2. The summed E-state index contributed by atoms with van der Waals surface area (Å²) in [6.45, 7) is 0.482. The van der Waals surface area contributed by atoms with Gasteiger partial charge in [0.2, 0.25) is 5.91 Å². The van der Waals surface area contributed by atoms with Crippen LogP contribution in [-0.4, -0.2) is 44.1 Å². The molecule has 1 N–H and O–H groups in total. The molecule has 2 atom stereocenters. The van der Waals surface area contributed by atoms with Crippen LogP contribution in [0.25, 0.3) is 6.08 Å². The molecular weight excluding hydrogens is 394 g/mol. The highest BCUT2D eigenvalue weighted by atomic mass is 79.9. The van der Waals surface area contributed by atoms with Gasteiger partial charge in [0, 0.05) is 23.2 Å². The second-order valence-corrected chi connectivity index (χ2v) is 9.56. The van der Waals surface area contributed by atoms with E-state index in [1.54, 1.807) is 6.08 Å². The Hall–Kier alpha value is -1.18. The summed E-state index contributed by atoms with van der Waals surface area (Å²) in [4.78, 5) is 12.1. The van der Waals surface area contributed by atoms with Crippen LogP contribution in [0.15, 0.2) is 34.8 Å². The van der Waals surface area contributed by atoms with Gasteiger partial charge in [-0.25, -0.2) is 8.42 Å². The van der Waals surface area contributed by atoms with E-state index in [4.69, 9.17) is 4.74 Å². The van der Waals surface area contributed by atoms with Crippen LogP contribution in [0.5, 0.6) is 0 Å². The van der Waals surface area contributed by atoms with Crippen LogP contribution >= 0.6 is 15.9 Å². The molecule has 0 bridgehead atoms. The van der Waals surface area contributed by atoms with Gasteiger partial charge in [-0.15, -0.1) is 0 Å². The monoisotopic (exact) mass is 413 g/mol. The van der Waals surface area contributed by atoms with Gasteiger partial charge in [-0.3, -0.25) is 4.79 Å². The smallest absolute Gasteiger partial charge is 0.244 e. The molecule has 130 valence electrons. The van der Waals surface area contributed by atoms with Gasteiger partial charge in [-0.05, 0) is 43.0 Å². The Labute approximate surface area is 150 Å². The molecule has 0 aromatic heterocycles. The third-order valence-electron chi connectivity index (χ3n) is 4.47. The number of rotatable bonds is 3. The number of nitrogens with one attached hydrogen (secondary N) is 1. The Balaban J connectivity index is 1.58. The first-order valence-corrected chi connectivity index (χ1v) is 10.6. The maximum atomic E-state index is 12.1. The van der Waals surface area contributed by atoms with Gasteiger partial charge in [0.05, 0.1) is 17.1 Å². The number of benzene rings is 1. The van der Waals surface area contributed by atoms with E-state index in [0.29, 0.717) is 25.9 Å². The molecule has 3 rings (SSSR count). The van der Waals surface area contributed by atoms with Crippen molar-refractivity contribution >= 4 is 37.8 Å². The third-order valence-corrected chi connectivity index (χ3v) is 6.75. The summed E-state index contributed by atoms with van der Waals surface area (Å²) >= 11 is 3.39. The van der Waals surface area contributed by atoms with Crippen LogP contribution in [0, 0.1) is 0 Å². The van der Waals surface area contributed by atoms with Gasteiger partial charge in [0.15, 0.2) is 9.84 Å². The minimum absolute atomic E-state index is 0.0493. The van der Waals surface area contributed by atoms with Gasteiger partial charge in [-0.1, -0.05) is 28.1 Å². The van der Waals surface area contributed by atoms with E-state index in [1.165, 1.54) is 6.08 Å². The number of carbonyl (C=O) groups is 1. The fourth-order valence-electron chi connectivity index (χ4n) is 3.34. The van der Waals surface area contributed by atoms with Crippen molar-refractivity contribution in [2.45, 2.75) is 30.9 Å². The summed E-state index contributed by atoms with van der Waals surface area (Å²) in [7, 11) is -3.01. The second-order valence-electron chi connectivity index (χ2n) is 6.46. The highest BCUT2D eigenvalue weighted by molar-refractivity contribution is 9.10. The van der Waals surface area contributed by atoms with E-state index in [0.717, 1.165) is 10.0 Å². The summed E-state index contributed by atoms with van der Waals surface area (Å²) in [6.07, 6.45) is 5.06. The largest absolute Gasteiger partial charge is 0.374 e. The molecule has 7 heteroatoms. The third kappa shape index (κ3) is 4.46. The van der Waals surface area contributed by atoms with Crippen molar-refractivity contribution in [3.05, 3.63) is 40.4 Å². The van der Waals surface area contributed by atoms with Crippen LogP contribution in [-0.2, 0) is 19.4 Å². The lowest BCUT2D eigenvalue weighted by Gasteiger charge is -2.37. The van der Waals surface area contributed by atoms with E-state index in [9.17, 15) is 13.2 Å². The van der Waals surface area contributed by atoms with Crippen molar-refractivity contribution in [2.75, 3.05) is 18.1 Å². The van der Waals surface area contributed by atoms with Crippen LogP contribution in [0.3, 0.4) is 0 Å². The number of hydrogen-bond acceptors (Lipinski definition) is 4. The zero-order chi connectivity index (χ0) is 17.2. The fourth-order valence-corrected chi connectivity index (χ4v) is 5.74. The molecule has 1 amide bonds. The number of hydrogen-bond donors (Lipinski definition) is 1. The van der Waals surface area contributed by atoms with Gasteiger partial charge >= 0.3 is 0 Å². The van der Waals surface area contributed by atoms with Crippen molar-refractivity contribution in [1.82, 2.24) is 5.32 Å². The summed E-state index contributed by atoms with van der Waals surface area (Å²) in [5.41, 5.74) is 0.327. The molecule has 2 heterocycles. The molecule has 0 saturated carbocycles. The number of amides is 1. The minimum Gasteiger partial charge on any atom is -0.374 e. The first-order chi connectivity index (χ1) is 11.4. The lowest BCUT2D eigenvalue weighted by molar-refractivity contribution is -0.119. The Morgan fingerprint density at radius 3 is 2.96 bits per heavy atom. The molecule has 2 aliphatic rings. The van der Waals surface area contributed by atoms with Crippen molar-refractivity contribution in [3.8, 4) is 0 Å². The molecule has 1 aromatic carbocycles. The van der Waals surface area contributed by atoms with Gasteiger partial charge in [0.25, 0.3) is 0 Å². The number of ether oxygens (including phenoxy) is 1. The fraction of sp³-hybridized carbons (Fsp3) is 0.471. The van der Waals surface area contributed by atoms with Gasteiger partial charge in [-0.2, -0.15) is 0 Å². The van der Waals surface area contributed by atoms with Crippen molar-refractivity contribution in [2.24, 2.45) is 0 Å². The second kappa shape index (κ2) is 6.98. The lowest BCUT2D eigenvalue weighted by Crippen LogP contribution is -2.49. The van der Waals surface area contributed by atoms with E-state index in [1.807, 2.05) is 24.3 Å². The molecule has 2 aliphatic heterocycles. The molecule has 0 radical (unpaired) electrons. The van der Waals surface area contributed by atoms with E-state index >= 15 is 0 Å². The quantitative estimate of drug-likeness (QED) is 0.771. The maximum Gasteiger partial charge on any atom is 0.244 e. The van der Waals surface area contributed by atoms with Crippen molar-refractivity contribution in [1.29, 1.82) is 0 Å². The minimum atomic E-state index is -3.01. The molecule has 1 aromatic rings. The Kier molecular flexibility index (Phi) is 5.13. The highest BCUT2D eigenvalue weighted by Crippen LogP contribution is 2.35. The van der Waals surface area contributed by atoms with E-state index < -0.39 is 15.4 Å². The average molecular weight is 414 g/mol. The Bertz CT molecular complexity index is 762. The van der Waals surface area contributed by atoms with Gasteiger partial charge in [0.1, 0.15) is 0 Å². The van der Waals surface area contributed by atoms with Crippen LogP contribution in [0.4, 0.5) is 0 Å². The van der Waals surface area contributed by atoms with Gasteiger partial charge < -0.3 is 10.1 Å². The van der Waals surface area contributed by atoms with E-state index in [2.05, 4.69) is 21.2 Å². The van der Waals surface area contributed by atoms with Crippen molar-refractivity contribution in [3.63, 3.8) is 0 Å². The molecule has 2 fully saturated rings. The number of halogens is 1. The number of sulfone groups is 1. The van der Waals surface area contributed by atoms with Crippen LogP contribution in [0.1, 0.15) is 24.8 Å². The topological polar surface area (TPSA) is 72.5 Å². The molecule has 0 aliphatic carbocycles. The molecule has 5 nitrogen and oxygen atoms in total. The summed E-state index contributed by atoms with van der Waals surface area (Å²) in [5.74, 6) is 0.0781. The van der Waals surface area contributed by atoms with Crippen molar-refractivity contribution < 1.29 is 17.9 Å². The van der Waals surface area contributed by atoms with E-state index in [-0.39, 0.29) is 23.5 Å². The van der Waals surface area contributed by atoms with Crippen LogP contribution < -0.4 is 5.32 Å². The molecular formula is C17H20BrNO4S. The molecule has 24 heavy (non-hydrogen) atoms. The molecule has 2 saturated heterocycles. The molecule has 2 unspecified atom stereocenters. The van der Waals surface area contributed by atoms with Crippen LogP contribution in [0.2, 0.25) is 0 Å². The zero-order valence-corrected chi connectivity index (χ0v) is 15.6. The Morgan fingerprint density at radius 1 is 1.42 bits per heavy atom. The summed E-state index contributed by atoms with van der Waals surface area (Å²) in [6, 6.07) is 7.63. The number of carbonyl (C=O) groups excluding carboxylic acids is 1.